The molecule has 0 saturated heterocycles. The maximum absolute atomic E-state index is 12.2. The third kappa shape index (κ3) is 3.65. The molecule has 1 heterocycles. The number of ether oxygens (including phenoxy) is 1. The van der Waals surface area contributed by atoms with Crippen LogP contribution < -0.4 is 10.1 Å². The molecule has 1 aromatic heterocycles. The van der Waals surface area contributed by atoms with Gasteiger partial charge in [0.1, 0.15) is 11.4 Å². The smallest absolute Gasteiger partial charge is 0.269 e. The first-order valence-corrected chi connectivity index (χ1v) is 7.19. The molecule has 0 fully saturated rings. The molecule has 2 N–H and O–H groups in total. The lowest BCUT2D eigenvalue weighted by Gasteiger charge is -2.13. The van der Waals surface area contributed by atoms with Gasteiger partial charge in [-0.25, -0.2) is 0 Å². The lowest BCUT2D eigenvalue weighted by Crippen LogP contribution is -2.30. The summed E-state index contributed by atoms with van der Waals surface area (Å²) in [5, 5.41) is 17.1. The fourth-order valence-corrected chi connectivity index (χ4v) is 2.19. The second kappa shape index (κ2) is 7.09. The third-order valence-corrected chi connectivity index (χ3v) is 3.39. The van der Waals surface area contributed by atoms with Crippen molar-refractivity contribution in [1.82, 2.24) is 15.1 Å². The fraction of sp³-hybridized carbons (Fsp3) is 0.375. The van der Waals surface area contributed by atoms with Gasteiger partial charge in [-0.3, -0.25) is 9.48 Å². The van der Waals surface area contributed by atoms with E-state index in [4.69, 9.17) is 4.74 Å². The number of benzene rings is 1. The SMILES string of the molecule is CCn1nc(C)cc1C(=O)NCC(O)c1ccc(OC)cc1. The summed E-state index contributed by atoms with van der Waals surface area (Å²) >= 11 is 0. The van der Waals surface area contributed by atoms with Gasteiger partial charge in [0.05, 0.1) is 18.9 Å². The number of aliphatic hydroxyl groups is 1. The van der Waals surface area contributed by atoms with E-state index in [1.807, 2.05) is 13.8 Å². The van der Waals surface area contributed by atoms with E-state index in [0.717, 1.165) is 17.0 Å². The molecule has 22 heavy (non-hydrogen) atoms. The number of methoxy groups -OCH3 is 1. The Bertz CT molecular complexity index is 635. The third-order valence-electron chi connectivity index (χ3n) is 3.39. The number of carbonyl (C=O) groups excluding carboxylic acids is 1. The molecule has 1 aromatic carbocycles. The second-order valence-corrected chi connectivity index (χ2v) is 4.99. The number of aromatic nitrogens is 2. The first-order chi connectivity index (χ1) is 10.5. The molecule has 1 unspecified atom stereocenters. The molecule has 0 aliphatic rings. The molecule has 0 saturated carbocycles. The predicted molar refractivity (Wildman–Crippen MR) is 82.9 cm³/mol. The number of nitrogens with one attached hydrogen (secondary N) is 1. The Morgan fingerprint density at radius 2 is 2.09 bits per heavy atom. The quantitative estimate of drug-likeness (QED) is 0.851. The van der Waals surface area contributed by atoms with E-state index in [0.29, 0.717) is 12.2 Å². The minimum atomic E-state index is -0.769. The Labute approximate surface area is 129 Å². The normalized spacial score (nSPS) is 12.0. The van der Waals surface area contributed by atoms with Gasteiger partial charge in [0.25, 0.3) is 5.91 Å². The molecular formula is C16H21N3O3. The van der Waals surface area contributed by atoms with E-state index in [1.165, 1.54) is 0 Å². The highest BCUT2D eigenvalue weighted by Crippen LogP contribution is 2.17. The van der Waals surface area contributed by atoms with Crippen LogP contribution in [0, 0.1) is 6.92 Å². The zero-order chi connectivity index (χ0) is 16.1. The number of hydrogen-bond donors (Lipinski definition) is 2. The fourth-order valence-electron chi connectivity index (χ4n) is 2.19. The molecule has 2 aromatic rings. The Morgan fingerprint density at radius 3 is 2.68 bits per heavy atom. The van der Waals surface area contributed by atoms with Crippen LogP contribution >= 0.6 is 0 Å². The van der Waals surface area contributed by atoms with Crippen LogP contribution in [0.25, 0.3) is 0 Å². The summed E-state index contributed by atoms with van der Waals surface area (Å²) in [5.41, 5.74) is 2.02. The van der Waals surface area contributed by atoms with Gasteiger partial charge >= 0.3 is 0 Å². The maximum Gasteiger partial charge on any atom is 0.269 e. The molecular weight excluding hydrogens is 282 g/mol. The van der Waals surface area contributed by atoms with Crippen LogP contribution in [-0.4, -0.2) is 34.4 Å². The van der Waals surface area contributed by atoms with Crippen molar-refractivity contribution in [2.45, 2.75) is 26.5 Å². The van der Waals surface area contributed by atoms with Gasteiger partial charge in [-0.1, -0.05) is 12.1 Å². The summed E-state index contributed by atoms with van der Waals surface area (Å²) in [4.78, 5) is 12.2. The number of rotatable bonds is 6. The van der Waals surface area contributed by atoms with Crippen molar-refractivity contribution in [3.8, 4) is 5.75 Å². The monoisotopic (exact) mass is 303 g/mol. The van der Waals surface area contributed by atoms with Crippen molar-refractivity contribution < 1.29 is 14.6 Å². The average Bonchev–Trinajstić information content (AvgIpc) is 2.93. The molecule has 6 heteroatoms. The first kappa shape index (κ1) is 16.0. The van der Waals surface area contributed by atoms with Crippen molar-refractivity contribution in [2.75, 3.05) is 13.7 Å². The summed E-state index contributed by atoms with van der Waals surface area (Å²) in [6.07, 6.45) is -0.769. The van der Waals surface area contributed by atoms with Gasteiger partial charge in [-0.15, -0.1) is 0 Å². The summed E-state index contributed by atoms with van der Waals surface area (Å²) in [7, 11) is 1.59. The highest BCUT2D eigenvalue weighted by Gasteiger charge is 2.15. The largest absolute Gasteiger partial charge is 0.497 e. The van der Waals surface area contributed by atoms with Crippen LogP contribution in [-0.2, 0) is 6.54 Å². The Morgan fingerprint density at radius 1 is 1.41 bits per heavy atom. The molecule has 1 amide bonds. The van der Waals surface area contributed by atoms with E-state index in [9.17, 15) is 9.90 Å². The summed E-state index contributed by atoms with van der Waals surface area (Å²) in [6.45, 7) is 4.53. The number of aryl methyl sites for hydroxylation is 2. The number of amides is 1. The van der Waals surface area contributed by atoms with Crippen molar-refractivity contribution >= 4 is 5.91 Å². The Balaban J connectivity index is 1.97. The predicted octanol–water partition coefficient (Wildman–Crippen LogP) is 1.68. The lowest BCUT2D eigenvalue weighted by atomic mass is 10.1. The molecule has 0 radical (unpaired) electrons. The van der Waals surface area contributed by atoms with Crippen LogP contribution in [0.2, 0.25) is 0 Å². The molecule has 0 aliphatic carbocycles. The Hall–Kier alpha value is -2.34. The highest BCUT2D eigenvalue weighted by atomic mass is 16.5. The van der Waals surface area contributed by atoms with Gasteiger partial charge in [0.15, 0.2) is 0 Å². The van der Waals surface area contributed by atoms with Gasteiger partial charge in [0, 0.05) is 13.1 Å². The van der Waals surface area contributed by atoms with Crippen LogP contribution in [0.4, 0.5) is 0 Å². The molecule has 0 bridgehead atoms. The van der Waals surface area contributed by atoms with E-state index in [-0.39, 0.29) is 12.5 Å². The minimum Gasteiger partial charge on any atom is -0.497 e. The van der Waals surface area contributed by atoms with Crippen molar-refractivity contribution in [1.29, 1.82) is 0 Å². The van der Waals surface area contributed by atoms with Gasteiger partial charge < -0.3 is 15.2 Å². The summed E-state index contributed by atoms with van der Waals surface area (Å²) in [5.74, 6) is 0.484. The molecule has 1 atom stereocenters. The number of nitrogens with zero attached hydrogens (tertiary/aromatic N) is 2. The van der Waals surface area contributed by atoms with Crippen LogP contribution in [0.15, 0.2) is 30.3 Å². The van der Waals surface area contributed by atoms with E-state index in [2.05, 4.69) is 10.4 Å². The van der Waals surface area contributed by atoms with Gasteiger partial charge in [-0.2, -0.15) is 5.10 Å². The summed E-state index contributed by atoms with van der Waals surface area (Å²) in [6, 6.07) is 8.83. The van der Waals surface area contributed by atoms with Gasteiger partial charge in [-0.05, 0) is 37.6 Å². The van der Waals surface area contributed by atoms with Crippen LogP contribution in [0.3, 0.4) is 0 Å². The van der Waals surface area contributed by atoms with E-state index < -0.39 is 6.10 Å². The topological polar surface area (TPSA) is 76.4 Å². The zero-order valence-corrected chi connectivity index (χ0v) is 13.0. The molecule has 0 aliphatic heterocycles. The minimum absolute atomic E-state index is 0.138. The average molecular weight is 303 g/mol. The summed E-state index contributed by atoms with van der Waals surface area (Å²) < 4.78 is 6.71. The Kier molecular flexibility index (Phi) is 5.16. The zero-order valence-electron chi connectivity index (χ0n) is 13.0. The van der Waals surface area contributed by atoms with E-state index in [1.54, 1.807) is 42.1 Å². The second-order valence-electron chi connectivity index (χ2n) is 4.99. The molecule has 0 spiro atoms. The van der Waals surface area contributed by atoms with Crippen molar-refractivity contribution in [2.24, 2.45) is 0 Å². The molecule has 2 rings (SSSR count). The number of hydrogen-bond acceptors (Lipinski definition) is 4. The van der Waals surface area contributed by atoms with Gasteiger partial charge in [0.2, 0.25) is 0 Å². The van der Waals surface area contributed by atoms with Crippen molar-refractivity contribution in [3.05, 3.63) is 47.3 Å². The first-order valence-electron chi connectivity index (χ1n) is 7.19. The van der Waals surface area contributed by atoms with E-state index >= 15 is 0 Å². The lowest BCUT2D eigenvalue weighted by molar-refractivity contribution is 0.0905. The van der Waals surface area contributed by atoms with Crippen molar-refractivity contribution in [3.63, 3.8) is 0 Å². The number of aliphatic hydroxyl groups excluding tert-OH is 1. The van der Waals surface area contributed by atoms with Crippen LogP contribution in [0.5, 0.6) is 5.75 Å². The number of carbonyl (C=O) groups is 1. The standard InChI is InChI=1S/C16H21N3O3/c1-4-19-14(9-11(2)18-19)16(21)17-10-15(20)12-5-7-13(22-3)8-6-12/h5-9,15,20H,4,10H2,1-3H3,(H,17,21). The molecule has 118 valence electrons. The molecule has 6 nitrogen and oxygen atoms in total. The maximum atomic E-state index is 12.2. The van der Waals surface area contributed by atoms with Crippen LogP contribution in [0.1, 0.15) is 34.8 Å². The highest BCUT2D eigenvalue weighted by molar-refractivity contribution is 5.92.